The Morgan fingerprint density at radius 3 is 2.52 bits per heavy atom. The number of ether oxygens (including phenoxy) is 1. The van der Waals surface area contributed by atoms with Crippen molar-refractivity contribution in [1.29, 1.82) is 0 Å². The molecule has 8 nitrogen and oxygen atoms in total. The van der Waals surface area contributed by atoms with Gasteiger partial charge in [-0.25, -0.2) is 4.98 Å². The zero-order chi connectivity index (χ0) is 22.1. The van der Waals surface area contributed by atoms with Crippen molar-refractivity contribution in [2.75, 3.05) is 11.9 Å². The molecule has 0 aliphatic rings. The van der Waals surface area contributed by atoms with Gasteiger partial charge in [0, 0.05) is 10.4 Å². The van der Waals surface area contributed by atoms with E-state index in [0.717, 1.165) is 26.8 Å². The Balaban J connectivity index is 1.73. The van der Waals surface area contributed by atoms with Crippen LogP contribution in [0.3, 0.4) is 0 Å². The highest BCUT2D eigenvalue weighted by atomic mass is 32.1. The molecule has 1 N–H and O–H groups in total. The number of fused-ring (bicyclic) bond motifs is 1. The zero-order valence-electron chi connectivity index (χ0n) is 17.6. The van der Waals surface area contributed by atoms with Crippen molar-refractivity contribution in [3.63, 3.8) is 0 Å². The molecule has 1 aromatic carbocycles. The number of hydrogen-bond acceptors (Lipinski definition) is 8. The molecule has 31 heavy (non-hydrogen) atoms. The smallest absolute Gasteiger partial charge is 0.263 e. The molecule has 0 saturated heterocycles. The van der Waals surface area contributed by atoms with Crippen LogP contribution in [0.5, 0.6) is 5.75 Å². The second-order valence-electron chi connectivity index (χ2n) is 6.90. The summed E-state index contributed by atoms with van der Waals surface area (Å²) in [6.45, 7) is 7.89. The van der Waals surface area contributed by atoms with E-state index in [-0.39, 0.29) is 18.0 Å². The summed E-state index contributed by atoms with van der Waals surface area (Å²) in [5.41, 5.74) is 1.52. The lowest BCUT2D eigenvalue weighted by atomic mass is 10.0. The Morgan fingerprint density at radius 1 is 1.13 bits per heavy atom. The average molecular weight is 456 g/mol. The first-order valence-electron chi connectivity index (χ1n) is 9.71. The molecule has 0 aliphatic heterocycles. The van der Waals surface area contributed by atoms with Crippen molar-refractivity contribution < 1.29 is 9.53 Å². The highest BCUT2D eigenvalue weighted by molar-refractivity contribution is 7.19. The van der Waals surface area contributed by atoms with Gasteiger partial charge in [0.05, 0.1) is 12.0 Å². The Bertz CT molecular complexity index is 1320. The van der Waals surface area contributed by atoms with Crippen LogP contribution in [0.15, 0.2) is 29.1 Å². The predicted octanol–water partition coefficient (Wildman–Crippen LogP) is 3.94. The maximum atomic E-state index is 13.4. The van der Waals surface area contributed by atoms with E-state index < -0.39 is 0 Å². The van der Waals surface area contributed by atoms with Crippen LogP contribution < -0.4 is 15.6 Å². The van der Waals surface area contributed by atoms with E-state index >= 15 is 0 Å². The van der Waals surface area contributed by atoms with Crippen LogP contribution >= 0.6 is 22.7 Å². The van der Waals surface area contributed by atoms with Crippen molar-refractivity contribution in [3.8, 4) is 16.9 Å². The molecular weight excluding hydrogens is 434 g/mol. The number of carbonyl (C=O) groups excluding carboxylic acids is 1. The van der Waals surface area contributed by atoms with Crippen LogP contribution in [0.4, 0.5) is 5.13 Å². The molecule has 160 valence electrons. The lowest BCUT2D eigenvalue weighted by Crippen LogP contribution is -2.30. The van der Waals surface area contributed by atoms with E-state index in [1.165, 1.54) is 27.2 Å². The first-order valence-corrected chi connectivity index (χ1v) is 11.3. The number of thiophene rings is 1. The summed E-state index contributed by atoms with van der Waals surface area (Å²) >= 11 is 2.76. The Morgan fingerprint density at radius 2 is 1.87 bits per heavy atom. The van der Waals surface area contributed by atoms with Crippen LogP contribution in [-0.2, 0) is 11.3 Å². The van der Waals surface area contributed by atoms with Crippen LogP contribution in [0.25, 0.3) is 21.3 Å². The Hall–Kier alpha value is -3.11. The lowest BCUT2D eigenvalue weighted by Gasteiger charge is -2.10. The van der Waals surface area contributed by atoms with Crippen molar-refractivity contribution in [1.82, 2.24) is 19.7 Å². The fraction of sp³-hybridized carbons (Fsp3) is 0.286. The zero-order valence-corrected chi connectivity index (χ0v) is 19.2. The molecule has 4 aromatic rings. The van der Waals surface area contributed by atoms with E-state index in [2.05, 4.69) is 20.5 Å². The minimum atomic E-state index is -0.350. The van der Waals surface area contributed by atoms with Gasteiger partial charge in [0.15, 0.2) is 0 Å². The predicted molar refractivity (Wildman–Crippen MR) is 123 cm³/mol. The molecule has 0 saturated carbocycles. The van der Waals surface area contributed by atoms with Crippen molar-refractivity contribution >= 4 is 43.9 Å². The monoisotopic (exact) mass is 455 g/mol. The van der Waals surface area contributed by atoms with Gasteiger partial charge in [-0.05, 0) is 45.4 Å². The van der Waals surface area contributed by atoms with E-state index in [4.69, 9.17) is 4.74 Å². The number of hydrogen-bond donors (Lipinski definition) is 1. The highest BCUT2D eigenvalue weighted by Gasteiger charge is 2.20. The summed E-state index contributed by atoms with van der Waals surface area (Å²) in [5, 5.41) is 12.2. The molecule has 0 aliphatic carbocycles. The SMILES string of the molecule is CCOc1ccc(-c2c(C)sc3nc(C)n(CC(=O)Nc4nnc(C)s4)c(=O)c23)cc1. The van der Waals surface area contributed by atoms with E-state index in [1.54, 1.807) is 13.8 Å². The summed E-state index contributed by atoms with van der Waals surface area (Å²) in [4.78, 5) is 32.2. The maximum absolute atomic E-state index is 13.4. The number of nitrogens with one attached hydrogen (secondary N) is 1. The summed E-state index contributed by atoms with van der Waals surface area (Å²) in [6.07, 6.45) is 0. The third-order valence-corrected chi connectivity index (χ3v) is 6.46. The standard InChI is InChI=1S/C21H21N5O3S2/c1-5-29-15-8-6-14(7-9-15)17-11(2)30-19-18(17)20(28)26(12(3)22-19)10-16(27)23-21-25-24-13(4)31-21/h6-9H,5,10H2,1-4H3,(H,23,25,27). The molecule has 0 spiro atoms. The van der Waals surface area contributed by atoms with Gasteiger partial charge >= 0.3 is 0 Å². The normalized spacial score (nSPS) is 11.1. The average Bonchev–Trinajstić information content (AvgIpc) is 3.28. The topological polar surface area (TPSA) is 99.0 Å². The van der Waals surface area contributed by atoms with Crippen LogP contribution in [0.1, 0.15) is 22.6 Å². The van der Waals surface area contributed by atoms with Crippen LogP contribution in [0.2, 0.25) is 0 Å². The summed E-state index contributed by atoms with van der Waals surface area (Å²) in [5.74, 6) is 0.913. The molecule has 3 heterocycles. The summed E-state index contributed by atoms with van der Waals surface area (Å²) in [7, 11) is 0. The lowest BCUT2D eigenvalue weighted by molar-refractivity contribution is -0.116. The Kier molecular flexibility index (Phi) is 5.84. The number of amides is 1. The second-order valence-corrected chi connectivity index (χ2v) is 9.28. The molecule has 1 amide bonds. The van der Waals surface area contributed by atoms with E-state index in [0.29, 0.717) is 27.8 Å². The first kappa shape index (κ1) is 21.1. The van der Waals surface area contributed by atoms with Gasteiger partial charge in [-0.3, -0.25) is 19.5 Å². The number of aryl methyl sites for hydroxylation is 3. The minimum Gasteiger partial charge on any atom is -0.494 e. The second kappa shape index (κ2) is 8.56. The fourth-order valence-electron chi connectivity index (χ4n) is 3.36. The summed E-state index contributed by atoms with van der Waals surface area (Å²) < 4.78 is 6.92. The molecule has 0 unspecified atom stereocenters. The molecular formula is C21H21N5O3S2. The third-order valence-electron chi connectivity index (χ3n) is 4.71. The number of nitrogens with zero attached hydrogens (tertiary/aromatic N) is 4. The molecule has 10 heteroatoms. The molecule has 0 bridgehead atoms. The van der Waals surface area contributed by atoms with Gasteiger partial charge in [0.25, 0.3) is 5.56 Å². The van der Waals surface area contributed by atoms with Gasteiger partial charge in [-0.15, -0.1) is 21.5 Å². The van der Waals surface area contributed by atoms with Crippen molar-refractivity contribution in [2.45, 2.75) is 34.2 Å². The van der Waals surface area contributed by atoms with Crippen molar-refractivity contribution in [2.24, 2.45) is 0 Å². The van der Waals surface area contributed by atoms with Crippen LogP contribution in [-0.4, -0.2) is 32.3 Å². The van der Waals surface area contributed by atoms with Gasteiger partial charge in [0.1, 0.15) is 28.0 Å². The van der Waals surface area contributed by atoms with Gasteiger partial charge in [-0.1, -0.05) is 23.5 Å². The van der Waals surface area contributed by atoms with Crippen LogP contribution in [0, 0.1) is 20.8 Å². The largest absolute Gasteiger partial charge is 0.494 e. The van der Waals surface area contributed by atoms with Crippen molar-refractivity contribution in [3.05, 3.63) is 50.3 Å². The highest BCUT2D eigenvalue weighted by Crippen LogP contribution is 2.36. The van der Waals surface area contributed by atoms with Gasteiger partial charge in [0.2, 0.25) is 11.0 Å². The minimum absolute atomic E-state index is 0.149. The molecule has 4 rings (SSSR count). The number of aromatic nitrogens is 4. The quantitative estimate of drug-likeness (QED) is 0.473. The Labute approximate surface area is 186 Å². The van der Waals surface area contributed by atoms with Gasteiger partial charge < -0.3 is 4.74 Å². The van der Waals surface area contributed by atoms with Gasteiger partial charge in [-0.2, -0.15) is 0 Å². The number of carbonyl (C=O) groups is 1. The molecule has 0 radical (unpaired) electrons. The molecule has 0 atom stereocenters. The van der Waals surface area contributed by atoms with E-state index in [9.17, 15) is 9.59 Å². The first-order chi connectivity index (χ1) is 14.9. The number of anilines is 1. The third kappa shape index (κ3) is 4.21. The molecule has 0 fully saturated rings. The maximum Gasteiger partial charge on any atom is 0.263 e. The van der Waals surface area contributed by atoms with E-state index in [1.807, 2.05) is 38.1 Å². The molecule has 3 aromatic heterocycles. The number of benzene rings is 1. The number of rotatable bonds is 6. The fourth-order valence-corrected chi connectivity index (χ4v) is 5.05. The summed E-state index contributed by atoms with van der Waals surface area (Å²) in [6, 6.07) is 7.65.